The minimum absolute atomic E-state index is 0.353. The van der Waals surface area contributed by atoms with Crippen molar-refractivity contribution >= 4 is 16.7 Å². The molecule has 5 rings (SSSR count). The van der Waals surface area contributed by atoms with Gasteiger partial charge in [0.2, 0.25) is 11.8 Å². The van der Waals surface area contributed by atoms with Gasteiger partial charge in [0, 0.05) is 24.2 Å². The van der Waals surface area contributed by atoms with Gasteiger partial charge < -0.3 is 15.8 Å². The predicted molar refractivity (Wildman–Crippen MR) is 128 cm³/mol. The summed E-state index contributed by atoms with van der Waals surface area (Å²) >= 11 is 0. The van der Waals surface area contributed by atoms with Gasteiger partial charge in [0.1, 0.15) is 5.75 Å². The predicted octanol–water partition coefficient (Wildman–Crippen LogP) is 5.02. The molecule has 0 bridgehead atoms. The second-order valence-corrected chi connectivity index (χ2v) is 7.77. The molecule has 3 aromatic carbocycles. The van der Waals surface area contributed by atoms with Crippen molar-refractivity contribution in [2.24, 2.45) is 5.73 Å². The fourth-order valence-corrected chi connectivity index (χ4v) is 3.98. The zero-order valence-corrected chi connectivity index (χ0v) is 18.2. The van der Waals surface area contributed by atoms with Crippen LogP contribution in [0.1, 0.15) is 33.5 Å². The van der Waals surface area contributed by atoms with Crippen molar-refractivity contribution < 1.29 is 9.53 Å². The second kappa shape index (κ2) is 10.1. The Kier molecular flexibility index (Phi) is 6.78. The van der Waals surface area contributed by atoms with E-state index in [-0.39, 0.29) is 0 Å². The number of carbonyl (C=O) groups excluding carboxylic acids is 1. The molecule has 162 valence electrons. The molecule has 32 heavy (non-hydrogen) atoms. The van der Waals surface area contributed by atoms with E-state index < -0.39 is 5.91 Å². The SMILES string of the molecule is CNCc1ccc(Oc2ccc(C(N)=O)cn2)c2ccccc12.c1ccc2c(c1)CCC2. The average Bonchev–Trinajstić information content (AvgIpc) is 3.31. The normalized spacial score (nSPS) is 12.0. The Morgan fingerprint density at radius 1 is 0.938 bits per heavy atom. The summed E-state index contributed by atoms with van der Waals surface area (Å²) in [6.45, 7) is 0.784. The van der Waals surface area contributed by atoms with E-state index in [4.69, 9.17) is 10.5 Å². The fraction of sp³-hybridized carbons (Fsp3) is 0.185. The molecule has 5 nitrogen and oxygen atoms in total. The van der Waals surface area contributed by atoms with Gasteiger partial charge in [0.25, 0.3) is 0 Å². The molecule has 0 saturated carbocycles. The number of primary amides is 1. The highest BCUT2D eigenvalue weighted by Gasteiger charge is 2.09. The van der Waals surface area contributed by atoms with Crippen molar-refractivity contribution in [3.8, 4) is 11.6 Å². The summed E-state index contributed by atoms with van der Waals surface area (Å²) in [4.78, 5) is 15.2. The van der Waals surface area contributed by atoms with E-state index in [0.717, 1.165) is 23.1 Å². The molecular weight excluding hydrogens is 398 g/mol. The molecule has 0 fully saturated rings. The molecule has 0 spiro atoms. The number of benzene rings is 3. The number of ether oxygens (including phenoxy) is 1. The van der Waals surface area contributed by atoms with Gasteiger partial charge in [-0.05, 0) is 60.5 Å². The smallest absolute Gasteiger partial charge is 0.250 e. The van der Waals surface area contributed by atoms with Gasteiger partial charge in [0.15, 0.2) is 0 Å². The summed E-state index contributed by atoms with van der Waals surface area (Å²) in [5, 5.41) is 5.31. The number of amides is 1. The molecule has 4 aromatic rings. The van der Waals surface area contributed by atoms with E-state index in [1.165, 1.54) is 31.0 Å². The van der Waals surface area contributed by atoms with Crippen molar-refractivity contribution in [2.75, 3.05) is 7.05 Å². The number of hydrogen-bond acceptors (Lipinski definition) is 4. The summed E-state index contributed by atoms with van der Waals surface area (Å²) in [7, 11) is 1.92. The lowest BCUT2D eigenvalue weighted by Crippen LogP contribution is -2.10. The highest BCUT2D eigenvalue weighted by Crippen LogP contribution is 2.31. The molecule has 1 aliphatic carbocycles. The lowest BCUT2D eigenvalue weighted by molar-refractivity contribution is 0.1000. The number of fused-ring (bicyclic) bond motifs is 2. The largest absolute Gasteiger partial charge is 0.438 e. The molecule has 1 amide bonds. The minimum atomic E-state index is -0.508. The Hall–Kier alpha value is -3.70. The van der Waals surface area contributed by atoms with E-state index >= 15 is 0 Å². The molecule has 3 N–H and O–H groups in total. The third-order valence-electron chi connectivity index (χ3n) is 5.59. The zero-order valence-electron chi connectivity index (χ0n) is 18.2. The number of carbonyl (C=O) groups is 1. The maximum atomic E-state index is 11.1. The van der Waals surface area contributed by atoms with Crippen LogP contribution in [0.4, 0.5) is 0 Å². The number of aromatic nitrogens is 1. The van der Waals surface area contributed by atoms with Gasteiger partial charge in [-0.15, -0.1) is 0 Å². The number of rotatable bonds is 5. The Labute approximate surface area is 188 Å². The van der Waals surface area contributed by atoms with Gasteiger partial charge in [-0.1, -0.05) is 54.6 Å². The Balaban J connectivity index is 0.000000225. The lowest BCUT2D eigenvalue weighted by Gasteiger charge is -2.12. The number of nitrogens with one attached hydrogen (secondary N) is 1. The fourth-order valence-electron chi connectivity index (χ4n) is 3.98. The number of pyridine rings is 1. The van der Waals surface area contributed by atoms with Crippen molar-refractivity contribution in [3.05, 3.63) is 101 Å². The van der Waals surface area contributed by atoms with E-state index in [1.807, 2.05) is 37.4 Å². The molecule has 5 heteroatoms. The number of aryl methyl sites for hydroxylation is 2. The first-order chi connectivity index (χ1) is 15.7. The van der Waals surface area contributed by atoms with Gasteiger partial charge in [-0.25, -0.2) is 4.98 Å². The Morgan fingerprint density at radius 2 is 1.62 bits per heavy atom. The van der Waals surface area contributed by atoms with Gasteiger partial charge in [-0.2, -0.15) is 0 Å². The lowest BCUT2D eigenvalue weighted by atomic mass is 10.0. The summed E-state index contributed by atoms with van der Waals surface area (Å²) in [6, 6.07) is 24.0. The van der Waals surface area contributed by atoms with Crippen LogP contribution >= 0.6 is 0 Å². The third-order valence-corrected chi connectivity index (χ3v) is 5.59. The molecule has 0 aliphatic heterocycles. The van der Waals surface area contributed by atoms with E-state index in [9.17, 15) is 4.79 Å². The van der Waals surface area contributed by atoms with Gasteiger partial charge in [0.05, 0.1) is 5.56 Å². The average molecular weight is 426 g/mol. The van der Waals surface area contributed by atoms with Crippen LogP contribution in [0.25, 0.3) is 10.8 Å². The topological polar surface area (TPSA) is 77.2 Å². The van der Waals surface area contributed by atoms with Crippen LogP contribution in [0.5, 0.6) is 11.6 Å². The molecule has 0 unspecified atom stereocenters. The van der Waals surface area contributed by atoms with Crippen molar-refractivity contribution in [1.29, 1.82) is 0 Å². The number of nitrogens with two attached hydrogens (primary N) is 1. The molecule has 0 radical (unpaired) electrons. The third kappa shape index (κ3) is 4.95. The zero-order chi connectivity index (χ0) is 22.3. The summed E-state index contributed by atoms with van der Waals surface area (Å²) in [5.74, 6) is 0.632. The van der Waals surface area contributed by atoms with Crippen molar-refractivity contribution in [2.45, 2.75) is 25.8 Å². The van der Waals surface area contributed by atoms with Crippen LogP contribution in [0.15, 0.2) is 79.0 Å². The number of hydrogen-bond donors (Lipinski definition) is 2. The van der Waals surface area contributed by atoms with E-state index in [2.05, 4.69) is 40.6 Å². The summed E-state index contributed by atoms with van der Waals surface area (Å²) in [5.41, 5.74) is 9.90. The Morgan fingerprint density at radius 3 is 2.25 bits per heavy atom. The van der Waals surface area contributed by atoms with Crippen LogP contribution in [0.2, 0.25) is 0 Å². The summed E-state index contributed by atoms with van der Waals surface area (Å²) < 4.78 is 5.88. The Bertz CT molecular complexity index is 1200. The molecule has 0 atom stereocenters. The molecule has 1 heterocycles. The molecule has 1 aromatic heterocycles. The van der Waals surface area contributed by atoms with E-state index in [0.29, 0.717) is 11.4 Å². The van der Waals surface area contributed by atoms with Crippen LogP contribution in [0.3, 0.4) is 0 Å². The molecular formula is C27H27N3O2. The highest BCUT2D eigenvalue weighted by atomic mass is 16.5. The quantitative estimate of drug-likeness (QED) is 0.471. The first-order valence-electron chi connectivity index (χ1n) is 10.8. The van der Waals surface area contributed by atoms with Crippen LogP contribution in [0, 0.1) is 0 Å². The van der Waals surface area contributed by atoms with Crippen LogP contribution < -0.4 is 15.8 Å². The van der Waals surface area contributed by atoms with Crippen LogP contribution in [-0.2, 0) is 19.4 Å². The first kappa shape index (κ1) is 21.5. The van der Waals surface area contributed by atoms with Gasteiger partial charge >= 0.3 is 0 Å². The maximum Gasteiger partial charge on any atom is 0.250 e. The van der Waals surface area contributed by atoms with Crippen molar-refractivity contribution in [3.63, 3.8) is 0 Å². The van der Waals surface area contributed by atoms with Gasteiger partial charge in [-0.3, -0.25) is 4.79 Å². The van der Waals surface area contributed by atoms with Crippen molar-refractivity contribution in [1.82, 2.24) is 10.3 Å². The monoisotopic (exact) mass is 425 g/mol. The summed E-state index contributed by atoms with van der Waals surface area (Å²) in [6.07, 6.45) is 5.38. The molecule has 0 saturated heterocycles. The first-order valence-corrected chi connectivity index (χ1v) is 10.8. The highest BCUT2D eigenvalue weighted by molar-refractivity contribution is 5.92. The van der Waals surface area contributed by atoms with Crippen LogP contribution in [-0.4, -0.2) is 17.9 Å². The van der Waals surface area contributed by atoms with E-state index in [1.54, 1.807) is 23.3 Å². The minimum Gasteiger partial charge on any atom is -0.438 e. The molecule has 1 aliphatic rings. The standard InChI is InChI=1S/C18H17N3O2.C9H10/c1-20-10-12-6-8-16(15-5-3-2-4-14(12)15)23-17-9-7-13(11-21-17)18(19)22;1-2-5-9-7-3-6-8(9)4-1/h2-9,11,20H,10H2,1H3,(H2,19,22);1-2,4-5H,3,6-7H2. The maximum absolute atomic E-state index is 11.1. The number of nitrogens with zero attached hydrogens (tertiary/aromatic N) is 1. The second-order valence-electron chi connectivity index (χ2n) is 7.77.